The van der Waals surface area contributed by atoms with Crippen molar-refractivity contribution in [3.63, 3.8) is 0 Å². The van der Waals surface area contributed by atoms with Gasteiger partial charge in [-0.2, -0.15) is 0 Å². The van der Waals surface area contributed by atoms with Crippen LogP contribution in [0.25, 0.3) is 0 Å². The molecule has 3 fully saturated rings. The van der Waals surface area contributed by atoms with Crippen molar-refractivity contribution in [2.75, 3.05) is 0 Å². The number of allylic oxidation sites excluding steroid dienone is 1. The maximum atomic E-state index is 12.2. The predicted octanol–water partition coefficient (Wildman–Crippen LogP) is 4.76. The minimum absolute atomic E-state index is 0.129. The molecule has 0 spiro atoms. The zero-order chi connectivity index (χ0) is 17.3. The van der Waals surface area contributed by atoms with Crippen LogP contribution in [-0.4, -0.2) is 17.0 Å². The predicted molar refractivity (Wildman–Crippen MR) is 96.4 cm³/mol. The molecule has 0 heterocycles. The summed E-state index contributed by atoms with van der Waals surface area (Å²) in [6, 6.07) is 0. The van der Waals surface area contributed by atoms with E-state index in [0.29, 0.717) is 29.0 Å². The SMILES string of the molecule is CC(=O)[C@H]1CC[C@H]2[C@@H]3C(C)C=C4CC(O)CC[C@]4(C)[C@H]3CC[C@]12C. The average Bonchev–Trinajstić information content (AvgIpc) is 2.86. The summed E-state index contributed by atoms with van der Waals surface area (Å²) in [6.45, 7) is 9.12. The van der Waals surface area contributed by atoms with Crippen LogP contribution in [0.15, 0.2) is 11.6 Å². The summed E-state index contributed by atoms with van der Waals surface area (Å²) in [5, 5.41) is 10.2. The van der Waals surface area contributed by atoms with Crippen LogP contribution < -0.4 is 0 Å². The molecule has 0 aliphatic heterocycles. The van der Waals surface area contributed by atoms with Gasteiger partial charge < -0.3 is 5.11 Å². The first kappa shape index (κ1) is 16.8. The van der Waals surface area contributed by atoms with E-state index < -0.39 is 0 Å². The van der Waals surface area contributed by atoms with E-state index in [-0.39, 0.29) is 11.5 Å². The molecule has 0 aromatic rings. The molecule has 3 saturated carbocycles. The molecule has 0 saturated heterocycles. The van der Waals surface area contributed by atoms with E-state index in [1.54, 1.807) is 5.57 Å². The largest absolute Gasteiger partial charge is 0.393 e. The third-order valence-electron chi connectivity index (χ3n) is 8.90. The van der Waals surface area contributed by atoms with Crippen LogP contribution in [0.1, 0.15) is 72.6 Å². The molecule has 1 N–H and O–H groups in total. The molecular formula is C22H34O2. The minimum atomic E-state index is -0.129. The maximum absolute atomic E-state index is 12.2. The summed E-state index contributed by atoms with van der Waals surface area (Å²) in [7, 11) is 0. The second-order valence-electron chi connectivity index (χ2n) is 9.94. The number of carbonyl (C=O) groups is 1. The molecule has 0 aromatic carbocycles. The number of hydrogen-bond acceptors (Lipinski definition) is 2. The van der Waals surface area contributed by atoms with Crippen molar-refractivity contribution in [3.05, 3.63) is 11.6 Å². The van der Waals surface area contributed by atoms with Gasteiger partial charge >= 0.3 is 0 Å². The van der Waals surface area contributed by atoms with Gasteiger partial charge in [0, 0.05) is 5.92 Å². The molecule has 4 rings (SSSR count). The molecule has 8 atom stereocenters. The first-order valence-corrected chi connectivity index (χ1v) is 10.2. The van der Waals surface area contributed by atoms with Gasteiger partial charge in [0.15, 0.2) is 0 Å². The van der Waals surface area contributed by atoms with Crippen LogP contribution in [0.3, 0.4) is 0 Å². The van der Waals surface area contributed by atoms with Crippen LogP contribution in [0.4, 0.5) is 0 Å². The monoisotopic (exact) mass is 330 g/mol. The number of aliphatic hydroxyl groups is 1. The first-order chi connectivity index (χ1) is 11.3. The summed E-state index contributed by atoms with van der Waals surface area (Å²) < 4.78 is 0. The van der Waals surface area contributed by atoms with Gasteiger partial charge in [0.1, 0.15) is 5.78 Å². The lowest BCUT2D eigenvalue weighted by molar-refractivity contribution is -0.128. The highest BCUT2D eigenvalue weighted by atomic mass is 16.3. The number of fused-ring (bicyclic) bond motifs is 5. The zero-order valence-electron chi connectivity index (χ0n) is 15.8. The van der Waals surface area contributed by atoms with Crippen LogP contribution in [0.5, 0.6) is 0 Å². The molecule has 2 heteroatoms. The Morgan fingerprint density at radius 3 is 2.58 bits per heavy atom. The number of rotatable bonds is 1. The van der Waals surface area contributed by atoms with Gasteiger partial charge in [0.05, 0.1) is 6.10 Å². The Morgan fingerprint density at radius 1 is 1.12 bits per heavy atom. The number of carbonyl (C=O) groups excluding carboxylic acids is 1. The maximum Gasteiger partial charge on any atom is 0.133 e. The van der Waals surface area contributed by atoms with Gasteiger partial charge in [0.2, 0.25) is 0 Å². The lowest BCUT2D eigenvalue weighted by Gasteiger charge is -2.59. The second kappa shape index (κ2) is 5.43. The molecule has 2 unspecified atom stereocenters. The molecule has 4 aliphatic carbocycles. The third-order valence-corrected chi connectivity index (χ3v) is 8.90. The second-order valence-corrected chi connectivity index (χ2v) is 9.94. The van der Waals surface area contributed by atoms with Crippen molar-refractivity contribution in [2.24, 2.45) is 40.4 Å². The third kappa shape index (κ3) is 2.14. The molecule has 0 amide bonds. The van der Waals surface area contributed by atoms with Crippen molar-refractivity contribution in [1.82, 2.24) is 0 Å². The molecule has 2 nitrogen and oxygen atoms in total. The van der Waals surface area contributed by atoms with E-state index in [2.05, 4.69) is 26.8 Å². The van der Waals surface area contributed by atoms with Gasteiger partial charge in [-0.1, -0.05) is 32.4 Å². The van der Waals surface area contributed by atoms with Crippen molar-refractivity contribution in [2.45, 2.75) is 78.7 Å². The minimum Gasteiger partial charge on any atom is -0.393 e. The molecule has 4 aliphatic rings. The summed E-state index contributed by atoms with van der Waals surface area (Å²) in [4.78, 5) is 12.2. The fourth-order valence-corrected chi connectivity index (χ4v) is 7.67. The first-order valence-electron chi connectivity index (χ1n) is 10.2. The normalized spacial score (nSPS) is 53.6. The van der Waals surface area contributed by atoms with E-state index in [1.807, 2.05) is 6.92 Å². The summed E-state index contributed by atoms with van der Waals surface area (Å²) in [5.74, 6) is 3.51. The molecule has 134 valence electrons. The van der Waals surface area contributed by atoms with Crippen molar-refractivity contribution in [3.8, 4) is 0 Å². The highest BCUT2D eigenvalue weighted by Gasteiger charge is 2.60. The van der Waals surface area contributed by atoms with E-state index in [0.717, 1.165) is 37.5 Å². The lowest BCUT2D eigenvalue weighted by atomic mass is 9.45. The van der Waals surface area contributed by atoms with Gasteiger partial charge in [0.25, 0.3) is 0 Å². The summed E-state index contributed by atoms with van der Waals surface area (Å²) >= 11 is 0. The summed E-state index contributed by atoms with van der Waals surface area (Å²) in [5.41, 5.74) is 2.07. The molecule has 24 heavy (non-hydrogen) atoms. The van der Waals surface area contributed by atoms with Gasteiger partial charge in [-0.15, -0.1) is 0 Å². The number of ketones is 1. The van der Waals surface area contributed by atoms with E-state index in [4.69, 9.17) is 0 Å². The van der Waals surface area contributed by atoms with Gasteiger partial charge in [-0.05, 0) is 86.4 Å². The standard InChI is InChI=1S/C22H34O2/c1-13-11-15-12-16(24)7-9-21(15,3)19-8-10-22(4)17(14(2)23)5-6-18(22)20(13)19/h11,13,16-20,24H,5-10,12H2,1-4H3/t13?,16?,17-,18+,19+,20+,21+,22-/m1/s1. The highest BCUT2D eigenvalue weighted by molar-refractivity contribution is 5.79. The zero-order valence-corrected chi connectivity index (χ0v) is 15.8. The van der Waals surface area contributed by atoms with Crippen molar-refractivity contribution in [1.29, 1.82) is 0 Å². The van der Waals surface area contributed by atoms with Crippen molar-refractivity contribution < 1.29 is 9.90 Å². The number of aliphatic hydroxyl groups excluding tert-OH is 1. The Labute approximate surface area is 147 Å². The highest BCUT2D eigenvalue weighted by Crippen LogP contribution is 2.67. The van der Waals surface area contributed by atoms with E-state index in [9.17, 15) is 9.90 Å². The van der Waals surface area contributed by atoms with Gasteiger partial charge in [-0.3, -0.25) is 4.79 Å². The Balaban J connectivity index is 1.71. The molecular weight excluding hydrogens is 296 g/mol. The van der Waals surface area contributed by atoms with Crippen LogP contribution in [0.2, 0.25) is 0 Å². The molecule has 0 aromatic heterocycles. The smallest absolute Gasteiger partial charge is 0.133 e. The van der Waals surface area contributed by atoms with E-state index in [1.165, 1.54) is 19.3 Å². The Bertz CT molecular complexity index is 579. The Kier molecular flexibility index (Phi) is 3.81. The fraction of sp³-hybridized carbons (Fsp3) is 0.864. The Hall–Kier alpha value is -0.630. The van der Waals surface area contributed by atoms with Gasteiger partial charge in [-0.25, -0.2) is 0 Å². The molecule has 0 radical (unpaired) electrons. The fourth-order valence-electron chi connectivity index (χ4n) is 7.67. The lowest BCUT2D eigenvalue weighted by Crippen LogP contribution is -2.53. The van der Waals surface area contributed by atoms with Crippen molar-refractivity contribution >= 4 is 5.78 Å². The van der Waals surface area contributed by atoms with Crippen LogP contribution in [-0.2, 0) is 4.79 Å². The number of Topliss-reactive ketones (excluding diaryl/α,β-unsaturated/α-hetero) is 1. The number of hydrogen-bond donors (Lipinski definition) is 1. The Morgan fingerprint density at radius 2 is 1.88 bits per heavy atom. The quantitative estimate of drug-likeness (QED) is 0.704. The summed E-state index contributed by atoms with van der Waals surface area (Å²) in [6.07, 6.45) is 10.2. The van der Waals surface area contributed by atoms with Crippen LogP contribution >= 0.6 is 0 Å². The average molecular weight is 331 g/mol. The molecule has 0 bridgehead atoms. The topological polar surface area (TPSA) is 37.3 Å². The van der Waals surface area contributed by atoms with E-state index >= 15 is 0 Å². The van der Waals surface area contributed by atoms with Crippen LogP contribution in [0, 0.1) is 40.4 Å².